The van der Waals surface area contributed by atoms with E-state index in [0.29, 0.717) is 0 Å². The summed E-state index contributed by atoms with van der Waals surface area (Å²) in [5, 5.41) is 42.3. The molecule has 0 bridgehead atoms. The third-order valence-electron chi connectivity index (χ3n) is 0. The molecule has 0 aromatic heterocycles. The van der Waals surface area contributed by atoms with Crippen LogP contribution in [0.2, 0.25) is 0 Å². The van der Waals surface area contributed by atoms with E-state index in [1.807, 2.05) is 0 Å². The van der Waals surface area contributed by atoms with E-state index in [2.05, 4.69) is 61.1 Å². The Morgan fingerprint density at radius 2 is 0.471 bits per heavy atom. The van der Waals surface area contributed by atoms with Gasteiger partial charge in [-0.3, -0.25) is 0 Å². The molecule has 0 aliphatic rings. The van der Waals surface area contributed by atoms with Crippen LogP contribution in [0.3, 0.4) is 0 Å². The third-order valence-corrected chi connectivity index (χ3v) is 0. The van der Waals surface area contributed by atoms with Gasteiger partial charge in [-0.15, -0.1) is 0 Å². The number of rotatable bonds is 0. The van der Waals surface area contributed by atoms with Crippen LogP contribution in [0.15, 0.2) is 0 Å². The Morgan fingerprint density at radius 3 is 0.471 bits per heavy atom. The van der Waals surface area contributed by atoms with Crippen LogP contribution in [0.5, 0.6) is 0 Å². The summed E-state index contributed by atoms with van der Waals surface area (Å²) in [6.45, 7) is 0. The second-order valence-corrected chi connectivity index (χ2v) is 1.37. The normalized spacial score (nSPS) is 2.35. The molecule has 0 saturated carbocycles. The molecule has 6 nitrogen and oxygen atoms in total. The van der Waals surface area contributed by atoms with E-state index in [0.717, 1.165) is 0 Å². The zero-order valence-electron chi connectivity index (χ0n) is 8.09. The molecule has 94 valence electrons. The Hall–Kier alpha value is -0.352. The van der Waals surface area contributed by atoms with Crippen molar-refractivity contribution < 1.29 is 21.1 Å². The average Bonchev–Trinajstić information content (AvgIpc) is 2.09. The molecule has 0 atom stereocenters. The first-order valence-electron chi connectivity index (χ1n) is 2.14. The van der Waals surface area contributed by atoms with E-state index in [4.69, 9.17) is 27.0 Å². The Labute approximate surface area is 140 Å². The predicted molar refractivity (Wildman–Crippen MR) is 85.8 cm³/mol. The van der Waals surface area contributed by atoms with Crippen LogP contribution in [-0.2, 0) is 21.1 Å². The molecule has 0 fully saturated rings. The van der Waals surface area contributed by atoms with Gasteiger partial charge in [0.05, 0.1) is 0 Å². The molecule has 0 aromatic rings. The summed E-state index contributed by atoms with van der Waals surface area (Å²) in [6, 6.07) is 0. The van der Waals surface area contributed by atoms with Crippen molar-refractivity contribution in [3.63, 3.8) is 0 Å². The summed E-state index contributed by atoms with van der Waals surface area (Å²) in [4.78, 5) is 0. The fraction of sp³-hybridized carbons (Fsp3) is 0. The van der Waals surface area contributed by atoms with E-state index >= 15 is 0 Å². The van der Waals surface area contributed by atoms with Crippen LogP contribution < -0.4 is 6.15 Å². The van der Waals surface area contributed by atoms with Crippen molar-refractivity contribution >= 4 is 86.9 Å². The monoisotopic (exact) mass is 503 g/mol. The number of hydrogen-bond donors (Lipinski definition) is 1. The average molecular weight is 504 g/mol. The molecule has 0 amide bonds. The second kappa shape index (κ2) is 155. The van der Waals surface area contributed by atoms with Crippen LogP contribution >= 0.6 is 61.1 Å². The van der Waals surface area contributed by atoms with Gasteiger partial charge < -0.3 is 33.2 Å². The summed E-state index contributed by atoms with van der Waals surface area (Å²) < 4.78 is 0. The van der Waals surface area contributed by atoms with Gasteiger partial charge in [0.1, 0.15) is 0 Å². The van der Waals surface area contributed by atoms with E-state index in [-0.39, 0.29) is 27.2 Å². The number of nitrogens with zero attached hydrogens (tertiary/aromatic N) is 5. The first-order chi connectivity index (χ1) is 7.07. The predicted octanol–water partition coefficient (Wildman–Crippen LogP) is 3.67. The van der Waals surface area contributed by atoms with Crippen LogP contribution in [0.1, 0.15) is 0 Å². The van der Waals surface area contributed by atoms with Gasteiger partial charge in [-0.1, -0.05) is 61.1 Å². The van der Waals surface area contributed by atoms with Crippen molar-refractivity contribution in [3.8, 4) is 0 Å². The van der Waals surface area contributed by atoms with Crippen LogP contribution in [-0.4, -0.2) is 25.8 Å². The minimum Gasteiger partial charge on any atom is -0.753 e. The molecule has 0 radical (unpaired) electrons. The van der Waals surface area contributed by atoms with Crippen molar-refractivity contribution in [2.24, 2.45) is 0 Å². The summed E-state index contributed by atoms with van der Waals surface area (Å²) in [5.41, 5.74) is 0. The maximum Gasteiger partial charge on any atom is 4.00 e. The standard InChI is InChI=1S/5CNS.H3N.Pt/c5*2-1-3;;/h;;;;;1H3;/q5*-1;;+4/p+1. The molecule has 0 rings (SSSR count). The van der Waals surface area contributed by atoms with Gasteiger partial charge in [0.25, 0.3) is 0 Å². The number of quaternary nitrogens is 1. The molecule has 0 aliphatic carbocycles. The van der Waals surface area contributed by atoms with Gasteiger partial charge in [0, 0.05) is 0 Å². The summed E-state index contributed by atoms with van der Waals surface area (Å²) in [6.07, 6.45) is 0. The van der Waals surface area contributed by atoms with Gasteiger partial charge in [-0.05, 0) is 0 Å². The van der Waals surface area contributed by atoms with Crippen molar-refractivity contribution in [2.45, 2.75) is 0 Å². The first kappa shape index (κ1) is 43.8. The van der Waals surface area contributed by atoms with E-state index in [1.165, 1.54) is 25.8 Å². The van der Waals surface area contributed by atoms with E-state index in [1.54, 1.807) is 0 Å². The van der Waals surface area contributed by atoms with Crippen LogP contribution in [0.4, 0.5) is 0 Å². The Kier molecular flexibility index (Phi) is 400. The van der Waals surface area contributed by atoms with Gasteiger partial charge >= 0.3 is 21.1 Å². The van der Waals surface area contributed by atoms with Crippen molar-refractivity contribution in [2.75, 3.05) is 0 Å². The maximum absolute atomic E-state index is 7.13. The number of isothiocyanates is 5. The molecule has 0 aromatic carbocycles. The zero-order chi connectivity index (χ0) is 13.5. The Bertz CT molecular complexity index is 206. The largest absolute Gasteiger partial charge is 4.00 e. The first-order valence-corrected chi connectivity index (χ1v) is 4.18. The summed E-state index contributed by atoms with van der Waals surface area (Å²) >= 11 is 18.5. The summed E-state index contributed by atoms with van der Waals surface area (Å²) in [5.74, 6) is 0. The molecule has 4 N–H and O–H groups in total. The van der Waals surface area contributed by atoms with E-state index < -0.39 is 0 Å². The Morgan fingerprint density at radius 1 is 0.471 bits per heavy atom. The maximum atomic E-state index is 7.13. The molecular formula is C5H4N6PtS5. The molecule has 0 saturated heterocycles. The van der Waals surface area contributed by atoms with Crippen LogP contribution in [0.25, 0.3) is 27.0 Å². The molecule has 17 heavy (non-hydrogen) atoms. The third kappa shape index (κ3) is 23600. The molecule has 0 unspecified atom stereocenters. The molecule has 12 heteroatoms. The quantitative estimate of drug-likeness (QED) is 0.396. The van der Waals surface area contributed by atoms with Gasteiger partial charge in [-0.2, -0.15) is 25.8 Å². The van der Waals surface area contributed by atoms with Crippen molar-refractivity contribution in [3.05, 3.63) is 27.0 Å². The SMILES string of the molecule is [N-]=C=S.[N-]=C=S.[N-]=C=S.[N-]=C=S.[N-]=C=S.[NH4+].[Pt+4]. The van der Waals surface area contributed by atoms with Gasteiger partial charge in [0.2, 0.25) is 0 Å². The van der Waals surface area contributed by atoms with E-state index in [9.17, 15) is 0 Å². The second-order valence-electron chi connectivity index (χ2n) is 0.456. The smallest absolute Gasteiger partial charge is 0.753 e. The van der Waals surface area contributed by atoms with Gasteiger partial charge in [-0.25, -0.2) is 0 Å². The molecular weight excluding hydrogens is 500 g/mol. The zero-order valence-corrected chi connectivity index (χ0v) is 14.4. The van der Waals surface area contributed by atoms with Gasteiger partial charge in [0.15, 0.2) is 0 Å². The van der Waals surface area contributed by atoms with Crippen LogP contribution in [0, 0.1) is 0 Å². The number of hydrogen-bond acceptors (Lipinski definition) is 5. The minimum absolute atomic E-state index is 0. The molecule has 0 spiro atoms. The Balaban J connectivity index is -0.0000000143. The topological polar surface area (TPSA) is 148 Å². The van der Waals surface area contributed by atoms with Crippen molar-refractivity contribution in [1.29, 1.82) is 0 Å². The van der Waals surface area contributed by atoms with Crippen molar-refractivity contribution in [1.82, 2.24) is 6.15 Å². The fourth-order valence-corrected chi connectivity index (χ4v) is 0. The molecule has 0 heterocycles. The minimum atomic E-state index is 0. The number of thiocarbonyl (C=S) groups is 5. The summed E-state index contributed by atoms with van der Waals surface area (Å²) in [7, 11) is 0. The molecule has 0 aliphatic heterocycles. The fourth-order valence-electron chi connectivity index (χ4n) is 0.